The highest BCUT2D eigenvalue weighted by molar-refractivity contribution is 6.10. The van der Waals surface area contributed by atoms with Crippen molar-refractivity contribution in [3.63, 3.8) is 0 Å². The molecule has 0 bridgehead atoms. The van der Waals surface area contributed by atoms with Crippen molar-refractivity contribution < 1.29 is 19.1 Å². The van der Waals surface area contributed by atoms with E-state index in [1.54, 1.807) is 18.7 Å². The normalized spacial score (nSPS) is 19.7. The topological polar surface area (TPSA) is 67.9 Å². The standard InChI is InChI=1S/C22H32N2O4/c1-20(2,3)16-8-6-7-9-17(16)23-18(25)21(4,5)19(26)24-12-10-22(11-13-24)27-14-15-28-22/h6-9H,10-15H2,1-5H3,(H,23,25). The second kappa shape index (κ2) is 7.48. The van der Waals surface area contributed by atoms with Crippen LogP contribution in [-0.4, -0.2) is 48.8 Å². The molecule has 0 aliphatic carbocycles. The molecule has 0 unspecified atom stereocenters. The van der Waals surface area contributed by atoms with E-state index in [-0.39, 0.29) is 17.2 Å². The van der Waals surface area contributed by atoms with Crippen molar-refractivity contribution in [2.75, 3.05) is 31.6 Å². The van der Waals surface area contributed by atoms with Gasteiger partial charge in [-0.1, -0.05) is 39.0 Å². The molecule has 1 aromatic carbocycles. The van der Waals surface area contributed by atoms with Crippen molar-refractivity contribution in [2.24, 2.45) is 5.41 Å². The molecule has 28 heavy (non-hydrogen) atoms. The molecule has 2 heterocycles. The van der Waals surface area contributed by atoms with Gasteiger partial charge in [0.1, 0.15) is 5.41 Å². The third kappa shape index (κ3) is 4.08. The van der Waals surface area contributed by atoms with Gasteiger partial charge in [-0.05, 0) is 30.9 Å². The summed E-state index contributed by atoms with van der Waals surface area (Å²) in [5.41, 5.74) is 0.529. The van der Waals surface area contributed by atoms with Crippen LogP contribution in [0.4, 0.5) is 5.69 Å². The first-order valence-electron chi connectivity index (χ1n) is 10.0. The average molecular weight is 389 g/mol. The molecule has 2 amide bonds. The molecule has 3 rings (SSSR count). The Kier molecular flexibility index (Phi) is 5.56. The number of carbonyl (C=O) groups excluding carboxylic acids is 2. The summed E-state index contributed by atoms with van der Waals surface area (Å²) in [6.45, 7) is 12.0. The first-order valence-corrected chi connectivity index (χ1v) is 10.0. The van der Waals surface area contributed by atoms with E-state index in [9.17, 15) is 9.59 Å². The van der Waals surface area contributed by atoms with Gasteiger partial charge < -0.3 is 19.7 Å². The smallest absolute Gasteiger partial charge is 0.239 e. The molecule has 0 aromatic heterocycles. The fraction of sp³-hybridized carbons (Fsp3) is 0.636. The molecular weight excluding hydrogens is 356 g/mol. The number of ether oxygens (including phenoxy) is 2. The van der Waals surface area contributed by atoms with Gasteiger partial charge in [0.15, 0.2) is 5.79 Å². The van der Waals surface area contributed by atoms with Gasteiger partial charge in [-0.25, -0.2) is 0 Å². The minimum absolute atomic E-state index is 0.111. The number of hydrogen-bond donors (Lipinski definition) is 1. The van der Waals surface area contributed by atoms with Gasteiger partial charge in [-0.15, -0.1) is 0 Å². The van der Waals surface area contributed by atoms with E-state index in [1.165, 1.54) is 0 Å². The molecule has 1 aromatic rings. The number of anilines is 1. The zero-order chi connectivity index (χ0) is 20.6. The molecule has 0 radical (unpaired) electrons. The number of amides is 2. The molecular formula is C22H32N2O4. The van der Waals surface area contributed by atoms with Crippen molar-refractivity contribution in [2.45, 2.75) is 58.7 Å². The second-order valence-electron chi connectivity index (χ2n) is 9.27. The predicted molar refractivity (Wildman–Crippen MR) is 108 cm³/mol. The number of hydrogen-bond acceptors (Lipinski definition) is 4. The van der Waals surface area contributed by atoms with Crippen LogP contribution >= 0.6 is 0 Å². The van der Waals surface area contributed by atoms with Crippen LogP contribution in [-0.2, 0) is 24.5 Å². The first kappa shape index (κ1) is 20.8. The summed E-state index contributed by atoms with van der Waals surface area (Å²) in [6.07, 6.45) is 1.28. The van der Waals surface area contributed by atoms with Crippen LogP contribution in [0.3, 0.4) is 0 Å². The summed E-state index contributed by atoms with van der Waals surface area (Å²) in [4.78, 5) is 27.9. The molecule has 2 fully saturated rings. The highest BCUT2D eigenvalue weighted by atomic mass is 16.7. The van der Waals surface area contributed by atoms with Crippen molar-refractivity contribution in [1.82, 2.24) is 4.90 Å². The average Bonchev–Trinajstić information content (AvgIpc) is 3.09. The predicted octanol–water partition coefficient (Wildman–Crippen LogP) is 3.31. The lowest BCUT2D eigenvalue weighted by Crippen LogP contribution is -2.53. The maximum Gasteiger partial charge on any atom is 0.239 e. The Balaban J connectivity index is 1.69. The van der Waals surface area contributed by atoms with Gasteiger partial charge in [0.05, 0.1) is 13.2 Å². The van der Waals surface area contributed by atoms with Gasteiger partial charge in [0, 0.05) is 31.6 Å². The van der Waals surface area contributed by atoms with E-state index in [4.69, 9.17) is 9.47 Å². The Labute approximate surface area is 167 Å². The monoisotopic (exact) mass is 388 g/mol. The molecule has 2 saturated heterocycles. The molecule has 6 nitrogen and oxygen atoms in total. The Morgan fingerprint density at radius 1 is 1.00 bits per heavy atom. The van der Waals surface area contributed by atoms with Gasteiger partial charge in [0.2, 0.25) is 11.8 Å². The quantitative estimate of drug-likeness (QED) is 0.807. The van der Waals surface area contributed by atoms with Gasteiger partial charge in [-0.3, -0.25) is 9.59 Å². The van der Waals surface area contributed by atoms with Crippen LogP contribution in [0, 0.1) is 5.41 Å². The summed E-state index contributed by atoms with van der Waals surface area (Å²) in [6, 6.07) is 7.75. The Morgan fingerprint density at radius 3 is 2.14 bits per heavy atom. The van der Waals surface area contributed by atoms with Crippen LogP contribution in [0.25, 0.3) is 0 Å². The van der Waals surface area contributed by atoms with Crippen LogP contribution in [0.5, 0.6) is 0 Å². The van der Waals surface area contributed by atoms with Crippen molar-refractivity contribution >= 4 is 17.5 Å². The number of carbonyl (C=O) groups is 2. The van der Waals surface area contributed by atoms with Crippen LogP contribution in [0.15, 0.2) is 24.3 Å². The largest absolute Gasteiger partial charge is 0.347 e. The van der Waals surface area contributed by atoms with Crippen molar-refractivity contribution in [3.05, 3.63) is 29.8 Å². The van der Waals surface area contributed by atoms with E-state index >= 15 is 0 Å². The highest BCUT2D eigenvalue weighted by Crippen LogP contribution is 2.34. The Morgan fingerprint density at radius 2 is 1.57 bits per heavy atom. The Bertz CT molecular complexity index is 735. The zero-order valence-corrected chi connectivity index (χ0v) is 17.6. The fourth-order valence-electron chi connectivity index (χ4n) is 3.85. The molecule has 6 heteroatoms. The van der Waals surface area contributed by atoms with Crippen molar-refractivity contribution in [1.29, 1.82) is 0 Å². The second-order valence-corrected chi connectivity index (χ2v) is 9.27. The summed E-state index contributed by atoms with van der Waals surface area (Å²) in [7, 11) is 0. The lowest BCUT2D eigenvalue weighted by atomic mass is 9.85. The van der Waals surface area contributed by atoms with Gasteiger partial charge in [0.25, 0.3) is 0 Å². The first-order chi connectivity index (χ1) is 13.1. The number of nitrogens with zero attached hydrogens (tertiary/aromatic N) is 1. The summed E-state index contributed by atoms with van der Waals surface area (Å²) < 4.78 is 11.5. The Hall–Kier alpha value is -1.92. The lowest BCUT2D eigenvalue weighted by Gasteiger charge is -2.40. The number of likely N-dealkylation sites (tertiary alicyclic amines) is 1. The van der Waals surface area contributed by atoms with Crippen LogP contribution in [0.1, 0.15) is 53.0 Å². The van der Waals surface area contributed by atoms with Crippen LogP contribution < -0.4 is 5.32 Å². The van der Waals surface area contributed by atoms with Gasteiger partial charge >= 0.3 is 0 Å². The summed E-state index contributed by atoms with van der Waals surface area (Å²) in [5, 5.41) is 2.99. The van der Waals surface area contributed by atoms with E-state index in [0.717, 1.165) is 11.3 Å². The number of benzene rings is 1. The van der Waals surface area contributed by atoms with Gasteiger partial charge in [-0.2, -0.15) is 0 Å². The third-order valence-electron chi connectivity index (χ3n) is 5.71. The number of piperidine rings is 1. The van der Waals surface area contributed by atoms with E-state index in [0.29, 0.717) is 39.1 Å². The number of para-hydroxylation sites is 1. The van der Waals surface area contributed by atoms with Crippen LogP contribution in [0.2, 0.25) is 0 Å². The molecule has 0 atom stereocenters. The fourth-order valence-corrected chi connectivity index (χ4v) is 3.85. The minimum Gasteiger partial charge on any atom is -0.347 e. The van der Waals surface area contributed by atoms with Crippen molar-refractivity contribution in [3.8, 4) is 0 Å². The van der Waals surface area contributed by atoms with E-state index in [1.807, 2.05) is 24.3 Å². The minimum atomic E-state index is -1.16. The third-order valence-corrected chi connectivity index (χ3v) is 5.71. The molecule has 2 aliphatic heterocycles. The molecule has 1 spiro atoms. The molecule has 1 N–H and O–H groups in total. The molecule has 0 saturated carbocycles. The molecule has 154 valence electrons. The lowest BCUT2D eigenvalue weighted by molar-refractivity contribution is -0.189. The summed E-state index contributed by atoms with van der Waals surface area (Å²) >= 11 is 0. The number of rotatable bonds is 3. The SMILES string of the molecule is CC(C)(C(=O)Nc1ccccc1C(C)(C)C)C(=O)N1CCC2(CC1)OCCO2. The number of nitrogens with one attached hydrogen (secondary N) is 1. The molecule has 2 aliphatic rings. The van der Waals surface area contributed by atoms with E-state index < -0.39 is 11.2 Å². The van der Waals surface area contributed by atoms with E-state index in [2.05, 4.69) is 26.1 Å². The highest BCUT2D eigenvalue weighted by Gasteiger charge is 2.45. The zero-order valence-electron chi connectivity index (χ0n) is 17.6. The summed E-state index contributed by atoms with van der Waals surface area (Å²) in [5.74, 6) is -0.983. The maximum absolute atomic E-state index is 13.1. The maximum atomic E-state index is 13.1.